The van der Waals surface area contributed by atoms with Crippen LogP contribution in [-0.4, -0.2) is 27.3 Å². The molecule has 1 heterocycles. The largest absolute Gasteiger partial charge is 0.293 e. The molecule has 0 saturated carbocycles. The van der Waals surface area contributed by atoms with Crippen LogP contribution in [0, 0.1) is 0 Å². The predicted molar refractivity (Wildman–Crippen MR) is 74.3 cm³/mol. The number of rotatable bonds is 2. The van der Waals surface area contributed by atoms with Gasteiger partial charge in [0.1, 0.15) is 0 Å². The Balaban J connectivity index is 1.97. The van der Waals surface area contributed by atoms with E-state index in [0.717, 1.165) is 24.2 Å². The van der Waals surface area contributed by atoms with Crippen molar-refractivity contribution >= 4 is 29.3 Å². The highest BCUT2D eigenvalue weighted by atomic mass is 32.2. The van der Waals surface area contributed by atoms with Crippen molar-refractivity contribution in [3.63, 3.8) is 0 Å². The average Bonchev–Trinajstić information content (AvgIpc) is 2.33. The highest BCUT2D eigenvalue weighted by molar-refractivity contribution is 8.08. The first-order valence-corrected chi connectivity index (χ1v) is 8.18. The quantitative estimate of drug-likeness (QED) is 0.750. The van der Waals surface area contributed by atoms with Crippen molar-refractivity contribution in [3.8, 4) is 0 Å². The van der Waals surface area contributed by atoms with Crippen molar-refractivity contribution in [1.82, 2.24) is 0 Å². The topological polar surface area (TPSA) is 17.1 Å². The molecule has 0 aromatic heterocycles. The van der Waals surface area contributed by atoms with E-state index in [1.54, 1.807) is 0 Å². The lowest BCUT2D eigenvalue weighted by atomic mass is 9.95. The molecule has 16 heavy (non-hydrogen) atoms. The molecule has 0 spiro atoms. The van der Waals surface area contributed by atoms with Crippen LogP contribution in [0.5, 0.6) is 0 Å². The molecule has 2 rings (SSSR count). The van der Waals surface area contributed by atoms with Crippen molar-refractivity contribution in [2.24, 2.45) is 0 Å². The van der Waals surface area contributed by atoms with Gasteiger partial charge in [0.05, 0.1) is 5.25 Å². The van der Waals surface area contributed by atoms with Crippen LogP contribution < -0.4 is 0 Å². The minimum Gasteiger partial charge on any atom is -0.293 e. The fourth-order valence-electron chi connectivity index (χ4n) is 2.19. The predicted octanol–water partition coefficient (Wildman–Crippen LogP) is 3.68. The highest BCUT2D eigenvalue weighted by Gasteiger charge is 2.31. The van der Waals surface area contributed by atoms with Gasteiger partial charge in [0, 0.05) is 16.3 Å². The van der Waals surface area contributed by atoms with Crippen molar-refractivity contribution in [1.29, 1.82) is 0 Å². The highest BCUT2D eigenvalue weighted by Crippen LogP contribution is 2.37. The van der Waals surface area contributed by atoms with E-state index in [9.17, 15) is 4.79 Å². The third kappa shape index (κ3) is 2.86. The maximum Gasteiger partial charge on any atom is 0.172 e. The van der Waals surface area contributed by atoms with Gasteiger partial charge in [-0.25, -0.2) is 0 Å². The molecular weight excluding hydrogens is 236 g/mol. The Labute approximate surface area is 107 Å². The number of thioether (sulfide) groups is 2. The van der Waals surface area contributed by atoms with Gasteiger partial charge < -0.3 is 0 Å². The molecule has 1 aliphatic carbocycles. The zero-order chi connectivity index (χ0) is 11.5. The molecular formula is C13H20OS2. The average molecular weight is 256 g/mol. The molecule has 90 valence electrons. The molecule has 0 N–H and O–H groups in total. The number of allylic oxidation sites excluding steroid dienone is 2. The van der Waals surface area contributed by atoms with E-state index >= 15 is 0 Å². The molecule has 0 aromatic rings. The maximum atomic E-state index is 12.3. The fraction of sp³-hybridized carbons (Fsp3) is 0.769. The number of hydrogen-bond donors (Lipinski definition) is 0. The van der Waals surface area contributed by atoms with Crippen LogP contribution in [0.4, 0.5) is 0 Å². The van der Waals surface area contributed by atoms with Gasteiger partial charge in [0.15, 0.2) is 5.78 Å². The number of Topliss-reactive ketones (excluding diaryl/α,β-unsaturated/α-hetero) is 1. The third-order valence-electron chi connectivity index (χ3n) is 3.45. The zero-order valence-corrected chi connectivity index (χ0v) is 11.7. The lowest BCUT2D eigenvalue weighted by Crippen LogP contribution is -2.32. The van der Waals surface area contributed by atoms with Gasteiger partial charge in [0.2, 0.25) is 0 Å². The van der Waals surface area contributed by atoms with E-state index in [-0.39, 0.29) is 5.25 Å². The van der Waals surface area contributed by atoms with E-state index in [0.29, 0.717) is 16.3 Å². The van der Waals surface area contributed by atoms with Crippen molar-refractivity contribution < 1.29 is 4.79 Å². The van der Waals surface area contributed by atoms with Crippen LogP contribution in [0.1, 0.15) is 39.5 Å². The molecule has 0 radical (unpaired) electrons. The first-order valence-electron chi connectivity index (χ1n) is 6.19. The Morgan fingerprint density at radius 3 is 2.75 bits per heavy atom. The third-order valence-corrected chi connectivity index (χ3v) is 6.84. The Morgan fingerprint density at radius 1 is 1.31 bits per heavy atom. The Kier molecular flexibility index (Phi) is 4.42. The van der Waals surface area contributed by atoms with Crippen LogP contribution in [0.25, 0.3) is 0 Å². The summed E-state index contributed by atoms with van der Waals surface area (Å²) in [5.41, 5.74) is 1.12. The molecule has 0 aromatic carbocycles. The van der Waals surface area contributed by atoms with Crippen LogP contribution >= 0.6 is 23.5 Å². The van der Waals surface area contributed by atoms with Crippen LogP contribution in [0.2, 0.25) is 0 Å². The zero-order valence-electron chi connectivity index (χ0n) is 10.1. The van der Waals surface area contributed by atoms with Gasteiger partial charge in [-0.15, -0.1) is 11.8 Å². The molecule has 1 fully saturated rings. The molecule has 0 bridgehead atoms. The lowest BCUT2D eigenvalue weighted by molar-refractivity contribution is -0.115. The maximum absolute atomic E-state index is 12.3. The minimum atomic E-state index is 0.223. The second-order valence-electron chi connectivity index (χ2n) is 4.71. The Morgan fingerprint density at radius 2 is 2.12 bits per heavy atom. The molecule has 2 aliphatic rings. The normalized spacial score (nSPS) is 35.6. The van der Waals surface area contributed by atoms with E-state index in [1.165, 1.54) is 12.8 Å². The standard InChI is InChI=1S/C13H20OS2/c1-9-10(2)16-12(8-15-9)13(14)11-6-4-3-5-7-11/h6,9-10,12H,3-5,7-8H2,1-2H3. The summed E-state index contributed by atoms with van der Waals surface area (Å²) < 4.78 is 0. The fourth-order valence-corrected chi connectivity index (χ4v) is 5.08. The van der Waals surface area contributed by atoms with Crippen molar-refractivity contribution in [3.05, 3.63) is 11.6 Å². The summed E-state index contributed by atoms with van der Waals surface area (Å²) in [7, 11) is 0. The number of hydrogen-bond acceptors (Lipinski definition) is 3. The first kappa shape index (κ1) is 12.6. The van der Waals surface area contributed by atoms with Crippen molar-refractivity contribution in [2.45, 2.75) is 55.3 Å². The van der Waals surface area contributed by atoms with E-state index in [4.69, 9.17) is 0 Å². The summed E-state index contributed by atoms with van der Waals surface area (Å²) >= 11 is 3.84. The summed E-state index contributed by atoms with van der Waals surface area (Å²) in [5, 5.41) is 1.52. The molecule has 3 heteroatoms. The summed E-state index contributed by atoms with van der Waals surface area (Å²) in [4.78, 5) is 12.3. The van der Waals surface area contributed by atoms with Gasteiger partial charge in [-0.05, 0) is 31.3 Å². The molecule has 1 nitrogen and oxygen atoms in total. The van der Waals surface area contributed by atoms with Gasteiger partial charge in [-0.2, -0.15) is 11.8 Å². The van der Waals surface area contributed by atoms with Gasteiger partial charge in [-0.1, -0.05) is 19.9 Å². The van der Waals surface area contributed by atoms with Crippen LogP contribution in [-0.2, 0) is 4.79 Å². The summed E-state index contributed by atoms with van der Waals surface area (Å²) in [5.74, 6) is 1.43. The SMILES string of the molecule is CC1SCC(C(=O)C2=CCCCC2)SC1C. The molecule has 1 aliphatic heterocycles. The number of carbonyl (C=O) groups is 1. The lowest BCUT2D eigenvalue weighted by Gasteiger charge is -2.31. The first-order chi connectivity index (χ1) is 7.68. The number of carbonyl (C=O) groups excluding carboxylic acids is 1. The Hall–Kier alpha value is 0.110. The summed E-state index contributed by atoms with van der Waals surface area (Å²) in [6.45, 7) is 4.51. The molecule has 3 unspecified atom stereocenters. The molecule has 0 amide bonds. The van der Waals surface area contributed by atoms with Gasteiger partial charge in [-0.3, -0.25) is 4.79 Å². The van der Waals surface area contributed by atoms with E-state index in [1.807, 2.05) is 23.5 Å². The monoisotopic (exact) mass is 256 g/mol. The molecule has 1 saturated heterocycles. The van der Waals surface area contributed by atoms with Crippen molar-refractivity contribution in [2.75, 3.05) is 5.75 Å². The smallest absolute Gasteiger partial charge is 0.172 e. The van der Waals surface area contributed by atoms with E-state index in [2.05, 4.69) is 19.9 Å². The number of ketones is 1. The van der Waals surface area contributed by atoms with Gasteiger partial charge in [0.25, 0.3) is 0 Å². The summed E-state index contributed by atoms with van der Waals surface area (Å²) in [6, 6.07) is 0. The second kappa shape index (κ2) is 5.63. The van der Waals surface area contributed by atoms with Crippen LogP contribution in [0.3, 0.4) is 0 Å². The second-order valence-corrected chi connectivity index (χ2v) is 7.70. The molecule has 3 atom stereocenters. The minimum absolute atomic E-state index is 0.223. The van der Waals surface area contributed by atoms with Crippen LogP contribution in [0.15, 0.2) is 11.6 Å². The Bertz CT molecular complexity index is 298. The van der Waals surface area contributed by atoms with Gasteiger partial charge >= 0.3 is 0 Å². The van der Waals surface area contributed by atoms with E-state index < -0.39 is 0 Å². The summed E-state index contributed by atoms with van der Waals surface area (Å²) in [6.07, 6.45) is 6.77.